The van der Waals surface area contributed by atoms with E-state index in [4.69, 9.17) is 4.74 Å². The van der Waals surface area contributed by atoms with Crippen molar-refractivity contribution in [1.82, 2.24) is 9.62 Å². The molecule has 0 aromatic heterocycles. The summed E-state index contributed by atoms with van der Waals surface area (Å²) < 4.78 is 34.5. The summed E-state index contributed by atoms with van der Waals surface area (Å²) in [6.07, 6.45) is 2.77. The molecule has 2 fully saturated rings. The highest BCUT2D eigenvalue weighted by molar-refractivity contribution is 7.89. The highest BCUT2D eigenvalue weighted by atomic mass is 35.5. The first-order valence-electron chi connectivity index (χ1n) is 9.01. The van der Waals surface area contributed by atoms with Gasteiger partial charge in [0.2, 0.25) is 10.0 Å². The molecule has 2 aromatic rings. The molecule has 2 aromatic carbocycles. The Balaban J connectivity index is 0.00000196. The zero-order valence-electron chi connectivity index (χ0n) is 14.8. The third kappa shape index (κ3) is 3.20. The van der Waals surface area contributed by atoms with Crippen molar-refractivity contribution < 1.29 is 13.2 Å². The predicted octanol–water partition coefficient (Wildman–Crippen LogP) is 3.18. The van der Waals surface area contributed by atoms with Crippen LogP contribution in [-0.4, -0.2) is 44.5 Å². The summed E-state index contributed by atoms with van der Waals surface area (Å²) in [5.41, 5.74) is 0. The summed E-state index contributed by atoms with van der Waals surface area (Å²) in [5.74, 6) is 0.734. The standard InChI is InChI=1S/C19H24N2O3S.ClH/c1-2-24-18-9-10-19(17-6-4-3-5-16(17)18)25(22,23)21-14-7-8-15(21)13-20-12-11-14;/h3-6,9-10,14-15,20H,2,7-8,11-13H2,1H3;1H. The van der Waals surface area contributed by atoms with Gasteiger partial charge in [0.25, 0.3) is 0 Å². The third-order valence-corrected chi connectivity index (χ3v) is 7.35. The average molecular weight is 397 g/mol. The smallest absolute Gasteiger partial charge is 0.244 e. The number of ether oxygens (including phenoxy) is 1. The van der Waals surface area contributed by atoms with Gasteiger partial charge in [-0.1, -0.05) is 24.3 Å². The zero-order chi connectivity index (χ0) is 17.4. The second-order valence-corrected chi connectivity index (χ2v) is 8.56. The fourth-order valence-electron chi connectivity index (χ4n) is 4.19. The van der Waals surface area contributed by atoms with E-state index in [0.29, 0.717) is 11.5 Å². The quantitative estimate of drug-likeness (QED) is 0.862. The van der Waals surface area contributed by atoms with Crippen molar-refractivity contribution in [1.29, 1.82) is 0 Å². The van der Waals surface area contributed by atoms with Gasteiger partial charge in [0, 0.05) is 29.4 Å². The maximum Gasteiger partial charge on any atom is 0.244 e. The third-order valence-electron chi connectivity index (χ3n) is 5.29. The lowest BCUT2D eigenvalue weighted by Gasteiger charge is -2.27. The molecule has 0 aliphatic carbocycles. The average Bonchev–Trinajstić information content (AvgIpc) is 2.89. The Morgan fingerprint density at radius 2 is 1.81 bits per heavy atom. The van der Waals surface area contributed by atoms with Gasteiger partial charge in [-0.15, -0.1) is 12.4 Å². The zero-order valence-corrected chi connectivity index (χ0v) is 16.5. The number of hydrogen-bond donors (Lipinski definition) is 1. The van der Waals surface area contributed by atoms with Crippen LogP contribution in [-0.2, 0) is 10.0 Å². The first-order valence-corrected chi connectivity index (χ1v) is 10.5. The Morgan fingerprint density at radius 1 is 1.08 bits per heavy atom. The summed E-state index contributed by atoms with van der Waals surface area (Å²) in [6, 6.07) is 11.3. The second kappa shape index (κ2) is 7.72. The molecule has 7 heteroatoms. The number of halogens is 1. The molecule has 26 heavy (non-hydrogen) atoms. The Labute approximate surface area is 161 Å². The van der Waals surface area contributed by atoms with E-state index < -0.39 is 10.0 Å². The maximum atomic E-state index is 13.5. The topological polar surface area (TPSA) is 58.6 Å². The Kier molecular flexibility index (Phi) is 5.77. The van der Waals surface area contributed by atoms with E-state index in [1.54, 1.807) is 16.4 Å². The van der Waals surface area contributed by atoms with Gasteiger partial charge in [0.1, 0.15) is 5.75 Å². The Bertz CT molecular complexity index is 873. The summed E-state index contributed by atoms with van der Waals surface area (Å²) in [5, 5.41) is 4.96. The molecule has 1 N–H and O–H groups in total. The second-order valence-electron chi connectivity index (χ2n) is 6.75. The fourth-order valence-corrected chi connectivity index (χ4v) is 6.29. The van der Waals surface area contributed by atoms with Crippen molar-refractivity contribution >= 4 is 33.2 Å². The van der Waals surface area contributed by atoms with Crippen LogP contribution in [0, 0.1) is 0 Å². The van der Waals surface area contributed by atoms with E-state index in [0.717, 1.165) is 48.9 Å². The van der Waals surface area contributed by atoms with Crippen molar-refractivity contribution in [3.63, 3.8) is 0 Å². The van der Waals surface area contributed by atoms with Gasteiger partial charge >= 0.3 is 0 Å². The highest BCUT2D eigenvalue weighted by Gasteiger charge is 2.43. The minimum Gasteiger partial charge on any atom is -0.493 e. The molecule has 2 atom stereocenters. The fraction of sp³-hybridized carbons (Fsp3) is 0.474. The Hall–Kier alpha value is -1.34. The van der Waals surface area contributed by atoms with Crippen molar-refractivity contribution in [2.75, 3.05) is 19.7 Å². The lowest BCUT2D eigenvalue weighted by molar-refractivity contribution is 0.334. The molecule has 0 spiro atoms. The first-order chi connectivity index (χ1) is 12.1. The largest absolute Gasteiger partial charge is 0.493 e. The molecule has 2 aliphatic rings. The molecule has 0 radical (unpaired) electrons. The van der Waals surface area contributed by atoms with Crippen LogP contribution in [0.3, 0.4) is 0 Å². The van der Waals surface area contributed by atoms with Crippen molar-refractivity contribution in [3.05, 3.63) is 36.4 Å². The van der Waals surface area contributed by atoms with E-state index in [9.17, 15) is 8.42 Å². The Morgan fingerprint density at radius 3 is 2.58 bits per heavy atom. The van der Waals surface area contributed by atoms with Gasteiger partial charge in [0.15, 0.2) is 0 Å². The van der Waals surface area contributed by atoms with Gasteiger partial charge in [-0.3, -0.25) is 0 Å². The lowest BCUT2D eigenvalue weighted by atomic mass is 10.1. The molecule has 2 aliphatic heterocycles. The van der Waals surface area contributed by atoms with E-state index in [-0.39, 0.29) is 24.5 Å². The van der Waals surface area contributed by atoms with Crippen LogP contribution in [0.25, 0.3) is 10.8 Å². The minimum atomic E-state index is -3.54. The van der Waals surface area contributed by atoms with Gasteiger partial charge in [-0.05, 0) is 44.9 Å². The number of nitrogens with zero attached hydrogens (tertiary/aromatic N) is 1. The van der Waals surface area contributed by atoms with Crippen LogP contribution in [0.4, 0.5) is 0 Å². The number of nitrogens with one attached hydrogen (secondary N) is 1. The molecule has 142 valence electrons. The monoisotopic (exact) mass is 396 g/mol. The molecule has 2 bridgehead atoms. The van der Waals surface area contributed by atoms with Crippen LogP contribution in [0.2, 0.25) is 0 Å². The molecular weight excluding hydrogens is 372 g/mol. The molecular formula is C19H25ClN2O3S. The predicted molar refractivity (Wildman–Crippen MR) is 106 cm³/mol. The maximum absolute atomic E-state index is 13.5. The van der Waals surface area contributed by atoms with Gasteiger partial charge < -0.3 is 10.1 Å². The molecule has 0 saturated carbocycles. The molecule has 2 heterocycles. The number of hydrogen-bond acceptors (Lipinski definition) is 4. The van der Waals surface area contributed by atoms with Crippen molar-refractivity contribution in [2.24, 2.45) is 0 Å². The van der Waals surface area contributed by atoms with Crippen molar-refractivity contribution in [3.8, 4) is 5.75 Å². The minimum absolute atomic E-state index is 0. The highest BCUT2D eigenvalue weighted by Crippen LogP contribution is 2.38. The molecule has 2 saturated heterocycles. The molecule has 5 nitrogen and oxygen atoms in total. The number of fused-ring (bicyclic) bond motifs is 3. The summed E-state index contributed by atoms with van der Waals surface area (Å²) in [4.78, 5) is 0.394. The van der Waals surface area contributed by atoms with Crippen LogP contribution in [0.1, 0.15) is 26.2 Å². The normalized spacial score (nSPS) is 23.4. The molecule has 2 unspecified atom stereocenters. The SMILES string of the molecule is CCOc1ccc(S(=O)(=O)N2C3CCNCC2CC3)c2ccccc12.Cl. The van der Waals surface area contributed by atoms with Gasteiger partial charge in [0.05, 0.1) is 11.5 Å². The summed E-state index contributed by atoms with van der Waals surface area (Å²) in [6.45, 7) is 4.11. The van der Waals surface area contributed by atoms with Crippen LogP contribution in [0.5, 0.6) is 5.75 Å². The molecule has 4 rings (SSSR count). The van der Waals surface area contributed by atoms with E-state index in [1.807, 2.05) is 31.2 Å². The van der Waals surface area contributed by atoms with Crippen LogP contribution < -0.4 is 10.1 Å². The van der Waals surface area contributed by atoms with E-state index >= 15 is 0 Å². The van der Waals surface area contributed by atoms with E-state index in [2.05, 4.69) is 5.32 Å². The van der Waals surface area contributed by atoms with Gasteiger partial charge in [-0.25, -0.2) is 8.42 Å². The summed E-state index contributed by atoms with van der Waals surface area (Å²) >= 11 is 0. The van der Waals surface area contributed by atoms with Gasteiger partial charge in [-0.2, -0.15) is 4.31 Å². The lowest BCUT2D eigenvalue weighted by Crippen LogP contribution is -2.42. The van der Waals surface area contributed by atoms with Crippen molar-refractivity contribution in [2.45, 2.75) is 43.2 Å². The number of benzene rings is 2. The van der Waals surface area contributed by atoms with Crippen LogP contribution >= 0.6 is 12.4 Å². The number of rotatable bonds is 4. The first kappa shape index (κ1) is 19.4. The van der Waals surface area contributed by atoms with E-state index in [1.165, 1.54) is 0 Å². The molecule has 0 amide bonds. The number of sulfonamides is 1. The van der Waals surface area contributed by atoms with Crippen LogP contribution in [0.15, 0.2) is 41.3 Å². The summed E-state index contributed by atoms with van der Waals surface area (Å²) in [7, 11) is -3.54.